The molecular formula is C10H19N3O. The van der Waals surface area contributed by atoms with Crippen molar-refractivity contribution in [2.24, 2.45) is 5.92 Å². The van der Waals surface area contributed by atoms with Gasteiger partial charge in [-0.15, -0.1) is 0 Å². The van der Waals surface area contributed by atoms with E-state index >= 15 is 0 Å². The van der Waals surface area contributed by atoms with Gasteiger partial charge in [0.15, 0.2) is 0 Å². The summed E-state index contributed by atoms with van der Waals surface area (Å²) in [5.74, 6) is 0.877. The molecule has 0 spiro atoms. The lowest BCUT2D eigenvalue weighted by Crippen LogP contribution is -2.50. The van der Waals surface area contributed by atoms with E-state index in [9.17, 15) is 4.79 Å². The number of rotatable bonds is 3. The number of hydrogen-bond donors (Lipinski definition) is 2. The predicted octanol–water partition coefficient (Wildman–Crippen LogP) is -0.584. The molecule has 4 heteroatoms. The third kappa shape index (κ3) is 2.07. The highest BCUT2D eigenvalue weighted by atomic mass is 16.2. The molecule has 0 aromatic rings. The molecule has 2 N–H and O–H groups in total. The fourth-order valence-corrected chi connectivity index (χ4v) is 2.10. The molecular weight excluding hydrogens is 178 g/mol. The first kappa shape index (κ1) is 9.93. The Bertz CT molecular complexity index is 215. The summed E-state index contributed by atoms with van der Waals surface area (Å²) in [6, 6.07) is 0.128. The molecule has 2 fully saturated rings. The quantitative estimate of drug-likeness (QED) is 0.636. The van der Waals surface area contributed by atoms with Gasteiger partial charge in [-0.2, -0.15) is 0 Å². The lowest BCUT2D eigenvalue weighted by Gasteiger charge is -2.28. The van der Waals surface area contributed by atoms with Gasteiger partial charge in [-0.3, -0.25) is 9.69 Å². The van der Waals surface area contributed by atoms with Gasteiger partial charge in [0.1, 0.15) is 0 Å². The Morgan fingerprint density at radius 1 is 1.57 bits per heavy atom. The molecule has 0 aromatic heterocycles. The van der Waals surface area contributed by atoms with Crippen molar-refractivity contribution in [3.05, 3.63) is 0 Å². The molecule has 4 nitrogen and oxygen atoms in total. The summed E-state index contributed by atoms with van der Waals surface area (Å²) in [6.07, 6.45) is 2.17. The molecule has 1 unspecified atom stereocenters. The smallest absolute Gasteiger partial charge is 0.237 e. The standard InChI is InChI=1S/C10H19N3O/c1-13-4-2-3-9(13)10(14)12-7-8-5-11-6-8/h8-9,11H,2-7H2,1H3,(H,12,14). The van der Waals surface area contributed by atoms with E-state index in [1.165, 1.54) is 0 Å². The molecule has 2 heterocycles. The third-order valence-electron chi connectivity index (χ3n) is 3.25. The molecule has 0 aliphatic carbocycles. The largest absolute Gasteiger partial charge is 0.354 e. The second-order valence-electron chi connectivity index (χ2n) is 4.41. The Hall–Kier alpha value is -0.610. The van der Waals surface area contributed by atoms with Crippen LogP contribution in [0.2, 0.25) is 0 Å². The van der Waals surface area contributed by atoms with Gasteiger partial charge in [0, 0.05) is 25.6 Å². The minimum absolute atomic E-state index is 0.128. The highest BCUT2D eigenvalue weighted by Gasteiger charge is 2.28. The zero-order chi connectivity index (χ0) is 9.97. The summed E-state index contributed by atoms with van der Waals surface area (Å²) in [7, 11) is 2.03. The second-order valence-corrected chi connectivity index (χ2v) is 4.41. The molecule has 2 aliphatic rings. The Balaban J connectivity index is 1.71. The number of nitrogens with zero attached hydrogens (tertiary/aromatic N) is 1. The molecule has 2 saturated heterocycles. The van der Waals surface area contributed by atoms with Gasteiger partial charge in [0.05, 0.1) is 6.04 Å². The third-order valence-corrected chi connectivity index (χ3v) is 3.25. The SMILES string of the molecule is CN1CCCC1C(=O)NCC1CNC1. The van der Waals surface area contributed by atoms with E-state index in [0.29, 0.717) is 5.92 Å². The van der Waals surface area contributed by atoms with Crippen molar-refractivity contribution in [3.8, 4) is 0 Å². The first-order valence-corrected chi connectivity index (χ1v) is 5.46. The van der Waals surface area contributed by atoms with Crippen LogP contribution in [0.3, 0.4) is 0 Å². The fourth-order valence-electron chi connectivity index (χ4n) is 2.10. The summed E-state index contributed by atoms with van der Waals surface area (Å²) in [6.45, 7) is 4.01. The van der Waals surface area contributed by atoms with E-state index in [0.717, 1.165) is 39.0 Å². The van der Waals surface area contributed by atoms with Crippen LogP contribution in [0.1, 0.15) is 12.8 Å². The van der Waals surface area contributed by atoms with Gasteiger partial charge in [0.2, 0.25) is 5.91 Å². The van der Waals surface area contributed by atoms with Crippen LogP contribution in [-0.2, 0) is 4.79 Å². The van der Waals surface area contributed by atoms with Crippen LogP contribution in [0.25, 0.3) is 0 Å². The first-order valence-electron chi connectivity index (χ1n) is 5.46. The lowest BCUT2D eigenvalue weighted by molar-refractivity contribution is -0.125. The summed E-state index contributed by atoms with van der Waals surface area (Å²) < 4.78 is 0. The zero-order valence-corrected chi connectivity index (χ0v) is 8.75. The molecule has 14 heavy (non-hydrogen) atoms. The van der Waals surface area contributed by atoms with Crippen LogP contribution < -0.4 is 10.6 Å². The van der Waals surface area contributed by atoms with E-state index in [4.69, 9.17) is 0 Å². The fraction of sp³-hybridized carbons (Fsp3) is 0.900. The first-order chi connectivity index (χ1) is 6.77. The van der Waals surface area contributed by atoms with Crippen molar-refractivity contribution in [2.45, 2.75) is 18.9 Å². The maximum absolute atomic E-state index is 11.7. The Labute approximate surface area is 85.0 Å². The van der Waals surface area contributed by atoms with E-state index in [2.05, 4.69) is 15.5 Å². The van der Waals surface area contributed by atoms with Gasteiger partial charge in [-0.1, -0.05) is 0 Å². The molecule has 0 aromatic carbocycles. The maximum Gasteiger partial charge on any atom is 0.237 e. The van der Waals surface area contributed by atoms with Crippen molar-refractivity contribution in [1.82, 2.24) is 15.5 Å². The van der Waals surface area contributed by atoms with Crippen LogP contribution in [0, 0.1) is 5.92 Å². The maximum atomic E-state index is 11.7. The van der Waals surface area contributed by atoms with Crippen LogP contribution in [-0.4, -0.2) is 50.1 Å². The van der Waals surface area contributed by atoms with Gasteiger partial charge in [-0.05, 0) is 26.4 Å². The number of carbonyl (C=O) groups is 1. The van der Waals surface area contributed by atoms with Gasteiger partial charge < -0.3 is 10.6 Å². The second kappa shape index (κ2) is 4.28. The van der Waals surface area contributed by atoms with Gasteiger partial charge >= 0.3 is 0 Å². The van der Waals surface area contributed by atoms with Crippen LogP contribution in [0.5, 0.6) is 0 Å². The topological polar surface area (TPSA) is 44.4 Å². The van der Waals surface area contributed by atoms with E-state index in [1.54, 1.807) is 0 Å². The summed E-state index contributed by atoms with van der Waals surface area (Å²) >= 11 is 0. The summed E-state index contributed by atoms with van der Waals surface area (Å²) in [5.41, 5.74) is 0. The Kier molecular flexibility index (Phi) is 3.03. The molecule has 0 radical (unpaired) electrons. The van der Waals surface area contributed by atoms with Crippen molar-refractivity contribution < 1.29 is 4.79 Å². The molecule has 1 atom stereocenters. The molecule has 0 saturated carbocycles. The van der Waals surface area contributed by atoms with Crippen molar-refractivity contribution in [2.75, 3.05) is 33.2 Å². The van der Waals surface area contributed by atoms with Crippen molar-refractivity contribution in [1.29, 1.82) is 0 Å². The zero-order valence-electron chi connectivity index (χ0n) is 8.75. The lowest BCUT2D eigenvalue weighted by atomic mass is 10.0. The van der Waals surface area contributed by atoms with Crippen LogP contribution in [0.4, 0.5) is 0 Å². The number of likely N-dealkylation sites (tertiary alicyclic amines) is 1. The molecule has 2 aliphatic heterocycles. The molecule has 2 rings (SSSR count). The number of hydrogen-bond acceptors (Lipinski definition) is 3. The van der Waals surface area contributed by atoms with E-state index < -0.39 is 0 Å². The highest BCUT2D eigenvalue weighted by molar-refractivity contribution is 5.81. The summed E-state index contributed by atoms with van der Waals surface area (Å²) in [5, 5.41) is 6.24. The normalized spacial score (nSPS) is 28.8. The number of nitrogens with one attached hydrogen (secondary N) is 2. The van der Waals surface area contributed by atoms with E-state index in [1.807, 2.05) is 7.05 Å². The van der Waals surface area contributed by atoms with Gasteiger partial charge in [-0.25, -0.2) is 0 Å². The number of likely N-dealkylation sites (N-methyl/N-ethyl adjacent to an activating group) is 1. The van der Waals surface area contributed by atoms with Gasteiger partial charge in [0.25, 0.3) is 0 Å². The Morgan fingerprint density at radius 3 is 2.86 bits per heavy atom. The number of amides is 1. The van der Waals surface area contributed by atoms with Crippen molar-refractivity contribution >= 4 is 5.91 Å². The average molecular weight is 197 g/mol. The van der Waals surface area contributed by atoms with Crippen LogP contribution >= 0.6 is 0 Å². The average Bonchev–Trinajstić information content (AvgIpc) is 2.48. The number of carbonyl (C=O) groups excluding carboxylic acids is 1. The van der Waals surface area contributed by atoms with Crippen molar-refractivity contribution in [3.63, 3.8) is 0 Å². The Morgan fingerprint density at radius 2 is 2.36 bits per heavy atom. The molecule has 0 bridgehead atoms. The molecule has 80 valence electrons. The predicted molar refractivity (Wildman–Crippen MR) is 55.0 cm³/mol. The minimum atomic E-state index is 0.128. The van der Waals surface area contributed by atoms with Crippen LogP contribution in [0.15, 0.2) is 0 Å². The highest BCUT2D eigenvalue weighted by Crippen LogP contribution is 2.14. The minimum Gasteiger partial charge on any atom is -0.354 e. The summed E-state index contributed by atoms with van der Waals surface area (Å²) in [4.78, 5) is 13.9. The monoisotopic (exact) mass is 197 g/mol. The van der Waals surface area contributed by atoms with E-state index in [-0.39, 0.29) is 11.9 Å². The molecule has 1 amide bonds.